The van der Waals surface area contributed by atoms with E-state index in [0.717, 1.165) is 18.8 Å². The maximum atomic E-state index is 11.8. The number of nitrogens with one attached hydrogen (secondary N) is 1. The zero-order valence-electron chi connectivity index (χ0n) is 11.3. The molecule has 0 aromatic carbocycles. The van der Waals surface area contributed by atoms with E-state index in [1.165, 1.54) is 32.1 Å². The Bertz CT molecular complexity index is 291. The van der Waals surface area contributed by atoms with Gasteiger partial charge in [-0.05, 0) is 37.1 Å². The predicted molar refractivity (Wildman–Crippen MR) is 72.0 cm³/mol. The van der Waals surface area contributed by atoms with Crippen LogP contribution in [-0.2, 0) is 4.79 Å². The van der Waals surface area contributed by atoms with Crippen LogP contribution in [0.2, 0.25) is 0 Å². The normalized spacial score (nSPS) is 23.2. The zero-order chi connectivity index (χ0) is 13.2. The fourth-order valence-corrected chi connectivity index (χ4v) is 2.62. The number of carbonyl (C=O) groups excluding carboxylic acids is 1. The molecule has 5 heteroatoms. The van der Waals surface area contributed by atoms with E-state index in [9.17, 15) is 4.79 Å². The van der Waals surface area contributed by atoms with Crippen LogP contribution in [0.1, 0.15) is 51.9 Å². The Balaban J connectivity index is 2.17. The van der Waals surface area contributed by atoms with Crippen molar-refractivity contribution < 1.29 is 4.79 Å². The summed E-state index contributed by atoms with van der Waals surface area (Å²) in [7, 11) is 0. The molecule has 18 heavy (non-hydrogen) atoms. The third-order valence-corrected chi connectivity index (χ3v) is 3.76. The second kappa shape index (κ2) is 8.81. The van der Waals surface area contributed by atoms with Crippen molar-refractivity contribution in [2.75, 3.05) is 13.1 Å². The largest absolute Gasteiger partial charge is 0.356 e. The molecule has 1 N–H and O–H groups in total. The Morgan fingerprint density at radius 2 is 2.11 bits per heavy atom. The number of rotatable bonds is 7. The van der Waals surface area contributed by atoms with E-state index < -0.39 is 0 Å². The van der Waals surface area contributed by atoms with Crippen molar-refractivity contribution in [3.05, 3.63) is 10.4 Å². The first kappa shape index (κ1) is 14.8. The van der Waals surface area contributed by atoms with E-state index in [0.29, 0.717) is 13.1 Å². The molecule has 0 heterocycles. The van der Waals surface area contributed by atoms with Crippen molar-refractivity contribution in [2.45, 2.75) is 51.9 Å². The first-order valence-corrected chi connectivity index (χ1v) is 7.06. The molecule has 102 valence electrons. The van der Waals surface area contributed by atoms with Gasteiger partial charge in [0, 0.05) is 23.9 Å². The average molecular weight is 252 g/mol. The van der Waals surface area contributed by atoms with Gasteiger partial charge in [0.2, 0.25) is 5.91 Å². The molecule has 5 nitrogen and oxygen atoms in total. The Hall–Kier alpha value is -1.22. The number of azide groups is 1. The highest BCUT2D eigenvalue weighted by Crippen LogP contribution is 2.31. The highest BCUT2D eigenvalue weighted by atomic mass is 16.1. The first-order chi connectivity index (χ1) is 8.77. The minimum Gasteiger partial charge on any atom is -0.356 e. The number of hydrogen-bond acceptors (Lipinski definition) is 2. The fourth-order valence-electron chi connectivity index (χ4n) is 2.62. The topological polar surface area (TPSA) is 77.9 Å². The average Bonchev–Trinajstić information content (AvgIpc) is 2.41. The number of hydrogen-bond donors (Lipinski definition) is 1. The molecule has 1 fully saturated rings. The van der Waals surface area contributed by atoms with Crippen LogP contribution in [-0.4, -0.2) is 19.0 Å². The van der Waals surface area contributed by atoms with Crippen LogP contribution in [0.5, 0.6) is 0 Å². The third-order valence-electron chi connectivity index (χ3n) is 3.76. The van der Waals surface area contributed by atoms with E-state index in [1.807, 2.05) is 0 Å². The van der Waals surface area contributed by atoms with Gasteiger partial charge in [-0.25, -0.2) is 0 Å². The number of nitrogens with zero attached hydrogens (tertiary/aromatic N) is 3. The summed E-state index contributed by atoms with van der Waals surface area (Å²) in [5.74, 6) is 1.14. The predicted octanol–water partition coefficient (Wildman–Crippen LogP) is 3.41. The molecule has 0 saturated heterocycles. The van der Waals surface area contributed by atoms with E-state index in [2.05, 4.69) is 22.3 Å². The van der Waals surface area contributed by atoms with Crippen LogP contribution in [0.25, 0.3) is 10.4 Å². The van der Waals surface area contributed by atoms with E-state index in [4.69, 9.17) is 5.53 Å². The second-order valence-corrected chi connectivity index (χ2v) is 5.11. The molecule has 1 amide bonds. The Kier molecular flexibility index (Phi) is 7.26. The Morgan fingerprint density at radius 1 is 1.39 bits per heavy atom. The fraction of sp³-hybridized carbons (Fsp3) is 0.923. The van der Waals surface area contributed by atoms with Crippen molar-refractivity contribution in [3.63, 3.8) is 0 Å². The van der Waals surface area contributed by atoms with Gasteiger partial charge in [-0.1, -0.05) is 31.3 Å². The van der Waals surface area contributed by atoms with Gasteiger partial charge in [-0.15, -0.1) is 0 Å². The van der Waals surface area contributed by atoms with E-state index >= 15 is 0 Å². The summed E-state index contributed by atoms with van der Waals surface area (Å²) in [5.41, 5.74) is 8.13. The number of unbranched alkanes of at least 4 members (excludes halogenated alkanes) is 1. The molecule has 0 atom stereocenters. The van der Waals surface area contributed by atoms with Crippen molar-refractivity contribution in [3.8, 4) is 0 Å². The van der Waals surface area contributed by atoms with Crippen LogP contribution in [0.4, 0.5) is 0 Å². The third kappa shape index (κ3) is 5.41. The molecule has 0 bridgehead atoms. The van der Waals surface area contributed by atoms with E-state index in [1.54, 1.807) is 0 Å². The summed E-state index contributed by atoms with van der Waals surface area (Å²) < 4.78 is 0. The molecule has 0 unspecified atom stereocenters. The molecule has 0 aromatic rings. The summed E-state index contributed by atoms with van der Waals surface area (Å²) in [6.07, 6.45) is 8.31. The van der Waals surface area contributed by atoms with Crippen molar-refractivity contribution in [1.29, 1.82) is 0 Å². The van der Waals surface area contributed by atoms with Crippen molar-refractivity contribution >= 4 is 5.91 Å². The highest BCUT2D eigenvalue weighted by molar-refractivity contribution is 5.78. The molecule has 0 spiro atoms. The number of carbonyl (C=O) groups is 1. The van der Waals surface area contributed by atoms with Gasteiger partial charge >= 0.3 is 0 Å². The Morgan fingerprint density at radius 3 is 2.72 bits per heavy atom. The van der Waals surface area contributed by atoms with Crippen molar-refractivity contribution in [1.82, 2.24) is 5.32 Å². The second-order valence-electron chi connectivity index (χ2n) is 5.11. The molecule has 0 aromatic heterocycles. The van der Waals surface area contributed by atoms with Crippen LogP contribution in [0, 0.1) is 11.8 Å². The first-order valence-electron chi connectivity index (χ1n) is 7.06. The lowest BCUT2D eigenvalue weighted by Gasteiger charge is -2.27. The molecule has 1 rings (SSSR count). The van der Waals surface area contributed by atoms with Gasteiger partial charge in [0.05, 0.1) is 0 Å². The standard InChI is InChI=1S/C13H24N4O/c1-2-3-4-11-5-7-12(8-6-11)13(18)15-9-10-16-17-14/h11-12H,2-10H2,1H3,(H,15,18). The van der Waals surface area contributed by atoms with Gasteiger partial charge in [-0.2, -0.15) is 0 Å². The highest BCUT2D eigenvalue weighted by Gasteiger charge is 2.25. The van der Waals surface area contributed by atoms with Crippen LogP contribution < -0.4 is 5.32 Å². The molecular formula is C13H24N4O. The van der Waals surface area contributed by atoms with Crippen molar-refractivity contribution in [2.24, 2.45) is 17.0 Å². The molecular weight excluding hydrogens is 228 g/mol. The summed E-state index contributed by atoms with van der Waals surface area (Å²) in [5, 5.41) is 6.24. The minimum absolute atomic E-state index is 0.136. The Labute approximate surface area is 109 Å². The summed E-state index contributed by atoms with van der Waals surface area (Å²) in [6.45, 7) is 3.02. The van der Waals surface area contributed by atoms with Gasteiger partial charge in [-0.3, -0.25) is 4.79 Å². The quantitative estimate of drug-likeness (QED) is 0.320. The SMILES string of the molecule is CCCCC1CCC(C(=O)NCCN=[N+]=[N-])CC1. The lowest BCUT2D eigenvalue weighted by atomic mass is 9.79. The van der Waals surface area contributed by atoms with Crippen LogP contribution >= 0.6 is 0 Å². The molecule has 0 aliphatic heterocycles. The maximum Gasteiger partial charge on any atom is 0.223 e. The van der Waals surface area contributed by atoms with E-state index in [-0.39, 0.29) is 11.8 Å². The molecule has 0 radical (unpaired) electrons. The molecule has 1 aliphatic carbocycles. The summed E-state index contributed by atoms with van der Waals surface area (Å²) >= 11 is 0. The minimum atomic E-state index is 0.136. The van der Waals surface area contributed by atoms with Crippen LogP contribution in [0.15, 0.2) is 5.11 Å². The van der Waals surface area contributed by atoms with Gasteiger partial charge < -0.3 is 5.32 Å². The lowest BCUT2D eigenvalue weighted by Crippen LogP contribution is -2.34. The maximum absolute atomic E-state index is 11.8. The smallest absolute Gasteiger partial charge is 0.223 e. The lowest BCUT2D eigenvalue weighted by molar-refractivity contribution is -0.126. The summed E-state index contributed by atoms with van der Waals surface area (Å²) in [4.78, 5) is 14.5. The molecule has 1 saturated carbocycles. The number of amides is 1. The zero-order valence-corrected chi connectivity index (χ0v) is 11.3. The van der Waals surface area contributed by atoms with Gasteiger partial charge in [0.15, 0.2) is 0 Å². The molecule has 1 aliphatic rings. The van der Waals surface area contributed by atoms with Gasteiger partial charge in [0.1, 0.15) is 0 Å². The monoisotopic (exact) mass is 252 g/mol. The summed E-state index contributed by atoms with van der Waals surface area (Å²) in [6, 6.07) is 0. The van der Waals surface area contributed by atoms with Crippen LogP contribution in [0.3, 0.4) is 0 Å². The van der Waals surface area contributed by atoms with Gasteiger partial charge in [0.25, 0.3) is 0 Å².